The second-order valence-electron chi connectivity index (χ2n) is 11.2. The molecular formula is C30H41FN8O9. The minimum Gasteiger partial charge on any atom is -0.481 e. The molecule has 4 amide bonds. The molecule has 0 aliphatic carbocycles. The highest BCUT2D eigenvalue weighted by Gasteiger charge is 2.26. The molecule has 1 aliphatic heterocycles. The van der Waals surface area contributed by atoms with Crippen molar-refractivity contribution in [3.8, 4) is 5.69 Å². The van der Waals surface area contributed by atoms with Gasteiger partial charge in [-0.05, 0) is 62.8 Å². The van der Waals surface area contributed by atoms with Gasteiger partial charge in [0.25, 0.3) is 5.91 Å². The molecule has 2 heterocycles. The van der Waals surface area contributed by atoms with E-state index in [-0.39, 0.29) is 31.3 Å². The lowest BCUT2D eigenvalue weighted by atomic mass is 10.1. The highest BCUT2D eigenvalue weighted by molar-refractivity contribution is 5.94. The van der Waals surface area contributed by atoms with Gasteiger partial charge in [0.05, 0.1) is 30.8 Å². The first-order chi connectivity index (χ1) is 23.0. The molecule has 1 aromatic carbocycles. The lowest BCUT2D eigenvalue weighted by Crippen LogP contribution is -2.53. The number of rotatable bonds is 19. The predicted octanol–water partition coefficient (Wildman–Crippen LogP) is 0.284. The number of benzene rings is 1. The highest BCUT2D eigenvalue weighted by atomic mass is 19.1. The zero-order chi connectivity index (χ0) is 35.1. The summed E-state index contributed by atoms with van der Waals surface area (Å²) in [6.07, 6.45) is 2.83. The van der Waals surface area contributed by atoms with Crippen molar-refractivity contribution in [2.45, 2.75) is 57.0 Å². The molecule has 1 saturated heterocycles. The van der Waals surface area contributed by atoms with Crippen molar-refractivity contribution in [2.24, 2.45) is 0 Å². The van der Waals surface area contributed by atoms with E-state index >= 15 is 0 Å². The summed E-state index contributed by atoms with van der Waals surface area (Å²) in [6, 6.07) is 4.08. The Morgan fingerprint density at radius 2 is 1.52 bits per heavy atom. The maximum atomic E-state index is 13.0. The van der Waals surface area contributed by atoms with Crippen LogP contribution in [0.25, 0.3) is 5.69 Å². The molecule has 262 valence electrons. The second-order valence-corrected chi connectivity index (χ2v) is 11.2. The molecule has 17 nitrogen and oxygen atoms in total. The van der Waals surface area contributed by atoms with Crippen LogP contribution in [0, 0.1) is 0 Å². The zero-order valence-electron chi connectivity index (χ0n) is 26.3. The van der Waals surface area contributed by atoms with Crippen LogP contribution in [-0.4, -0.2) is 134 Å². The fourth-order valence-electron chi connectivity index (χ4n) is 4.92. The monoisotopic (exact) mass is 676 g/mol. The number of halogens is 1. The van der Waals surface area contributed by atoms with Gasteiger partial charge in [-0.1, -0.05) is 5.21 Å². The zero-order valence-corrected chi connectivity index (χ0v) is 26.3. The Morgan fingerprint density at radius 1 is 0.854 bits per heavy atom. The number of hydrogen-bond acceptors (Lipinski definition) is 9. The predicted molar refractivity (Wildman–Crippen MR) is 166 cm³/mol. The van der Waals surface area contributed by atoms with Gasteiger partial charge in [0, 0.05) is 44.7 Å². The summed E-state index contributed by atoms with van der Waals surface area (Å²) in [5.74, 6) is -4.76. The number of carbonyl (C=O) groups excluding carboxylic acids is 3. The van der Waals surface area contributed by atoms with E-state index in [0.717, 1.165) is 0 Å². The van der Waals surface area contributed by atoms with Crippen LogP contribution in [-0.2, 0) is 25.6 Å². The van der Waals surface area contributed by atoms with Crippen molar-refractivity contribution in [2.75, 3.05) is 45.9 Å². The number of unbranched alkanes of at least 4 members (excludes halogenated alkanes) is 1. The van der Waals surface area contributed by atoms with Gasteiger partial charge >= 0.3 is 23.9 Å². The van der Waals surface area contributed by atoms with Crippen LogP contribution in [0.4, 0.5) is 9.18 Å². The van der Waals surface area contributed by atoms with Gasteiger partial charge in [-0.25, -0.2) is 14.3 Å². The fraction of sp³-hybridized carbons (Fsp3) is 0.533. The van der Waals surface area contributed by atoms with Gasteiger partial charge in [-0.15, -0.1) is 5.10 Å². The number of nitrogens with one attached hydrogen (secondary N) is 3. The molecule has 2 aromatic rings. The molecule has 18 heteroatoms. The summed E-state index contributed by atoms with van der Waals surface area (Å²) in [5.41, 5.74) is 1.89. The number of carbonyl (C=O) groups is 6. The van der Waals surface area contributed by atoms with Crippen molar-refractivity contribution in [3.63, 3.8) is 0 Å². The number of aromatic nitrogens is 3. The number of aryl methyl sites for hydroxylation is 1. The Morgan fingerprint density at radius 3 is 2.15 bits per heavy atom. The summed E-state index contributed by atoms with van der Waals surface area (Å²) in [6.45, 7) is 0.752. The number of piperazine rings is 1. The molecular weight excluding hydrogens is 635 g/mol. The van der Waals surface area contributed by atoms with Gasteiger partial charge in [-0.3, -0.25) is 28.9 Å². The maximum Gasteiger partial charge on any atom is 0.326 e. The average molecular weight is 677 g/mol. The summed E-state index contributed by atoms with van der Waals surface area (Å²) in [4.78, 5) is 74.5. The fourth-order valence-corrected chi connectivity index (χ4v) is 4.92. The minimum atomic E-state index is -1.41. The smallest absolute Gasteiger partial charge is 0.326 e. The van der Waals surface area contributed by atoms with Gasteiger partial charge in [0.1, 0.15) is 12.1 Å². The van der Waals surface area contributed by atoms with Crippen LogP contribution in [0.1, 0.15) is 54.6 Å². The lowest BCUT2D eigenvalue weighted by Gasteiger charge is -2.34. The Labute approximate surface area is 275 Å². The van der Waals surface area contributed by atoms with E-state index in [1.807, 2.05) is 0 Å². The number of carboxylic acid groups (broad SMARTS) is 3. The molecule has 3 rings (SSSR count). The molecule has 1 aromatic heterocycles. The molecule has 2 atom stereocenters. The molecule has 0 radical (unpaired) electrons. The van der Waals surface area contributed by atoms with E-state index in [1.54, 1.807) is 44.9 Å². The molecule has 6 N–H and O–H groups in total. The Kier molecular flexibility index (Phi) is 14.7. The van der Waals surface area contributed by atoms with E-state index in [2.05, 4.69) is 26.3 Å². The third-order valence-electron chi connectivity index (χ3n) is 7.62. The standard InChI is InChI=1S/C30H41FN8O9/c31-12-3-4-21-19-39(36-35-21)22-8-6-20(7-9-22)27(43)37-14-16-38(17-15-37)30(48)32-13-2-1-5-23(28(44)45)33-18-25(40)34-24(29(46)47)10-11-26(41)42/h6-9,19,23-24,33H,1-5,10-18H2,(H,32,48)(H,34,40)(H,41,42)(H,44,45)(H,46,47)/t23-,24?/m0/s1. The van der Waals surface area contributed by atoms with E-state index in [0.29, 0.717) is 68.8 Å². The molecule has 1 unspecified atom stereocenters. The van der Waals surface area contributed by atoms with E-state index < -0.39 is 55.5 Å². The van der Waals surface area contributed by atoms with Crippen molar-refractivity contribution in [3.05, 3.63) is 41.7 Å². The third-order valence-corrected chi connectivity index (χ3v) is 7.62. The molecule has 0 saturated carbocycles. The van der Waals surface area contributed by atoms with Crippen LogP contribution in [0.2, 0.25) is 0 Å². The van der Waals surface area contributed by atoms with Gasteiger partial charge < -0.3 is 35.8 Å². The van der Waals surface area contributed by atoms with Crippen LogP contribution in [0.15, 0.2) is 30.5 Å². The number of urea groups is 1. The third kappa shape index (κ3) is 11.9. The first-order valence-electron chi connectivity index (χ1n) is 15.6. The number of nitrogens with zero attached hydrogens (tertiary/aromatic N) is 5. The van der Waals surface area contributed by atoms with Crippen molar-refractivity contribution < 1.29 is 48.5 Å². The summed E-state index contributed by atoms with van der Waals surface area (Å²) in [7, 11) is 0. The Balaban J connectivity index is 1.33. The Hall–Kier alpha value is -5.13. The largest absolute Gasteiger partial charge is 0.481 e. The minimum absolute atomic E-state index is 0.141. The number of amides is 4. The van der Waals surface area contributed by atoms with Crippen LogP contribution in [0.5, 0.6) is 0 Å². The van der Waals surface area contributed by atoms with Crippen molar-refractivity contribution in [1.29, 1.82) is 0 Å². The average Bonchev–Trinajstić information content (AvgIpc) is 3.55. The number of hydrogen-bond donors (Lipinski definition) is 6. The van der Waals surface area contributed by atoms with Gasteiger partial charge in [-0.2, -0.15) is 0 Å². The second kappa shape index (κ2) is 18.9. The van der Waals surface area contributed by atoms with Crippen molar-refractivity contribution >= 4 is 35.8 Å². The molecule has 0 spiro atoms. The summed E-state index contributed by atoms with van der Waals surface area (Å²) in [5, 5.41) is 42.9. The molecule has 0 bridgehead atoms. The normalized spacial score (nSPS) is 14.2. The molecule has 1 aliphatic rings. The van der Waals surface area contributed by atoms with Crippen LogP contribution >= 0.6 is 0 Å². The maximum absolute atomic E-state index is 13.0. The SMILES string of the molecule is O=C(O)CCC(NC(=O)CN[C@@H](CCCCNC(=O)N1CCN(C(=O)c2ccc(-n3cc(CCCF)nn3)cc2)CC1)C(=O)O)C(=O)O. The van der Waals surface area contributed by atoms with E-state index in [9.17, 15) is 38.3 Å². The van der Waals surface area contributed by atoms with E-state index in [4.69, 9.17) is 10.2 Å². The van der Waals surface area contributed by atoms with Gasteiger partial charge in [0.2, 0.25) is 5.91 Å². The Bertz CT molecular complexity index is 1410. The number of carboxylic acids is 3. The number of alkyl halides is 1. The first-order valence-corrected chi connectivity index (χ1v) is 15.6. The molecule has 48 heavy (non-hydrogen) atoms. The quantitative estimate of drug-likeness (QED) is 0.110. The topological polar surface area (TPSA) is 236 Å². The highest BCUT2D eigenvalue weighted by Crippen LogP contribution is 2.14. The summed E-state index contributed by atoms with van der Waals surface area (Å²) < 4.78 is 14.0. The lowest BCUT2D eigenvalue weighted by molar-refractivity contribution is -0.143. The molecule has 1 fully saturated rings. The summed E-state index contributed by atoms with van der Waals surface area (Å²) >= 11 is 0. The van der Waals surface area contributed by atoms with Crippen LogP contribution < -0.4 is 16.0 Å². The van der Waals surface area contributed by atoms with Crippen LogP contribution in [0.3, 0.4) is 0 Å². The first kappa shape index (κ1) is 37.3. The van der Waals surface area contributed by atoms with Gasteiger partial charge in [0.15, 0.2) is 0 Å². The van der Waals surface area contributed by atoms with E-state index in [1.165, 1.54) is 0 Å². The number of aliphatic carboxylic acids is 3. The van der Waals surface area contributed by atoms with Crippen molar-refractivity contribution in [1.82, 2.24) is 40.7 Å².